The third-order valence-corrected chi connectivity index (χ3v) is 2.35. The average molecular weight is 251 g/mol. The Kier molecular flexibility index (Phi) is 34.2. The first-order valence-corrected chi connectivity index (χ1v) is 6.57. The monoisotopic (exact) mass is 251 g/mol. The summed E-state index contributed by atoms with van der Waals surface area (Å²) >= 11 is 3.81. The summed E-state index contributed by atoms with van der Waals surface area (Å²) in [6, 6.07) is 0. The van der Waals surface area contributed by atoms with Crippen molar-refractivity contribution in [2.24, 2.45) is 0 Å². The Morgan fingerprint density at radius 1 is 0.938 bits per heavy atom. The van der Waals surface area contributed by atoms with Crippen LogP contribution >= 0.6 is 12.2 Å². The molecule has 1 nitrogen and oxygen atoms in total. The zero-order valence-electron chi connectivity index (χ0n) is 11.2. The van der Waals surface area contributed by atoms with Gasteiger partial charge in [0.15, 0.2) is 0 Å². The zero-order valence-corrected chi connectivity index (χ0v) is 14.0. The summed E-state index contributed by atoms with van der Waals surface area (Å²) in [5.74, 6) is 0. The second kappa shape index (κ2) is 24.9. The largest absolute Gasteiger partial charge is 1.00 e. The molecular weight excluding hydrogens is 225 g/mol. The maximum atomic E-state index is 5.77. The van der Waals surface area contributed by atoms with Crippen LogP contribution < -0.4 is 29.6 Å². The van der Waals surface area contributed by atoms with Crippen molar-refractivity contribution in [3.63, 3.8) is 0 Å². The Hall–Kier alpha value is 0.800. The summed E-state index contributed by atoms with van der Waals surface area (Å²) in [5.41, 5.74) is 0. The first kappa shape index (κ1) is 22.0. The van der Waals surface area contributed by atoms with Crippen molar-refractivity contribution in [1.29, 1.82) is 5.41 Å². The molecule has 0 aromatic rings. The van der Waals surface area contributed by atoms with E-state index in [4.69, 9.17) is 5.41 Å². The predicted molar refractivity (Wildman–Crippen MR) is 72.5 cm³/mol. The van der Waals surface area contributed by atoms with E-state index in [1.807, 2.05) is 0 Å². The number of isothiocyanates is 1. The van der Waals surface area contributed by atoms with Gasteiger partial charge in [-0.3, -0.25) is 0 Å². The van der Waals surface area contributed by atoms with Gasteiger partial charge in [0.1, 0.15) is 0 Å². The molecule has 1 N–H and O–H groups in total. The van der Waals surface area contributed by atoms with Gasteiger partial charge in [-0.15, -0.1) is 0 Å². The van der Waals surface area contributed by atoms with E-state index < -0.39 is 0 Å². The molecule has 0 unspecified atom stereocenters. The van der Waals surface area contributed by atoms with Gasteiger partial charge < -0.3 is 6.92 Å². The number of hydrogen-bond acceptors (Lipinski definition) is 2. The van der Waals surface area contributed by atoms with E-state index >= 15 is 0 Å². The molecule has 0 atom stereocenters. The van der Waals surface area contributed by atoms with Crippen LogP contribution in [0.5, 0.6) is 0 Å². The molecule has 0 fully saturated rings. The van der Waals surface area contributed by atoms with Crippen LogP contribution in [0.25, 0.3) is 0 Å². The minimum atomic E-state index is 0. The fourth-order valence-electron chi connectivity index (χ4n) is 1.49. The molecule has 3 heteroatoms. The number of nitrogens with one attached hydrogen (secondary N) is 1. The molecule has 0 spiro atoms. The molecule has 0 bridgehead atoms. The second-order valence-electron chi connectivity index (χ2n) is 3.78. The van der Waals surface area contributed by atoms with Gasteiger partial charge in [0.25, 0.3) is 0 Å². The summed E-state index contributed by atoms with van der Waals surface area (Å²) in [7, 11) is 0. The van der Waals surface area contributed by atoms with Gasteiger partial charge in [-0.25, -0.2) is 5.41 Å². The summed E-state index contributed by atoms with van der Waals surface area (Å²) in [5, 5.41) is 7.36. The molecule has 90 valence electrons. The maximum absolute atomic E-state index is 5.77. The van der Waals surface area contributed by atoms with Gasteiger partial charge in [-0.1, -0.05) is 64.7 Å². The van der Waals surface area contributed by atoms with Crippen molar-refractivity contribution in [2.45, 2.75) is 71.1 Å². The molecule has 0 aliphatic rings. The minimum Gasteiger partial charge on any atom is -0.343 e. The molecule has 0 aliphatic heterocycles. The van der Waals surface area contributed by atoms with Gasteiger partial charge >= 0.3 is 29.6 Å². The van der Waals surface area contributed by atoms with Crippen molar-refractivity contribution >= 4 is 17.4 Å². The first-order chi connectivity index (χ1) is 7.33. The van der Waals surface area contributed by atoms with E-state index in [0.717, 1.165) is 6.42 Å². The van der Waals surface area contributed by atoms with Crippen molar-refractivity contribution in [3.8, 4) is 0 Å². The average Bonchev–Trinajstić information content (AvgIpc) is 2.23. The molecule has 0 aromatic heterocycles. The summed E-state index contributed by atoms with van der Waals surface area (Å²) < 4.78 is 0. The van der Waals surface area contributed by atoms with Crippen LogP contribution in [0.15, 0.2) is 0 Å². The van der Waals surface area contributed by atoms with E-state index in [1.54, 1.807) is 5.16 Å². The van der Waals surface area contributed by atoms with Gasteiger partial charge in [0.05, 0.1) is 5.16 Å². The van der Waals surface area contributed by atoms with E-state index in [0.29, 0.717) is 0 Å². The van der Waals surface area contributed by atoms with Crippen LogP contribution in [0.2, 0.25) is 0 Å². The summed E-state index contributed by atoms with van der Waals surface area (Å²) in [6.07, 6.45) is 13.9. The van der Waals surface area contributed by atoms with Crippen LogP contribution in [0.4, 0.5) is 0 Å². The molecule has 0 rings (SSSR count). The SMILES string of the molecule is N=C=S.[CH2-]CCCCCCCCCCC.[Na+]. The number of hydrogen-bond donors (Lipinski definition) is 1. The zero-order chi connectivity index (χ0) is 11.8. The summed E-state index contributed by atoms with van der Waals surface area (Å²) in [4.78, 5) is 0. The van der Waals surface area contributed by atoms with Crippen LogP contribution in [-0.2, 0) is 0 Å². The minimum absolute atomic E-state index is 0. The Balaban J connectivity index is -0.000000377. The Bertz CT molecular complexity index is 124. The van der Waals surface area contributed by atoms with Gasteiger partial charge in [0.2, 0.25) is 0 Å². The first-order valence-electron chi connectivity index (χ1n) is 6.16. The maximum Gasteiger partial charge on any atom is 1.00 e. The van der Waals surface area contributed by atoms with Crippen LogP contribution in [0, 0.1) is 12.3 Å². The van der Waals surface area contributed by atoms with Gasteiger partial charge in [-0.05, 0) is 12.2 Å². The topological polar surface area (TPSA) is 23.9 Å². The van der Waals surface area contributed by atoms with E-state index in [-0.39, 0.29) is 29.6 Å². The van der Waals surface area contributed by atoms with Crippen LogP contribution in [0.3, 0.4) is 0 Å². The molecule has 0 aliphatic carbocycles. The van der Waals surface area contributed by atoms with E-state index in [9.17, 15) is 0 Å². The molecule has 0 saturated heterocycles. The molecular formula is C13H26NNaS. The number of rotatable bonds is 9. The van der Waals surface area contributed by atoms with Gasteiger partial charge in [0, 0.05) is 0 Å². The van der Waals surface area contributed by atoms with Crippen molar-refractivity contribution in [1.82, 2.24) is 0 Å². The van der Waals surface area contributed by atoms with Crippen molar-refractivity contribution < 1.29 is 29.6 Å². The number of unbranched alkanes of at least 4 members (excludes halogenated alkanes) is 9. The summed E-state index contributed by atoms with van der Waals surface area (Å²) in [6.45, 7) is 6.12. The smallest absolute Gasteiger partial charge is 0.343 e. The predicted octanol–water partition coefficient (Wildman–Crippen LogP) is 2.41. The standard InChI is InChI=1S/C12H25.CHNS.Na/c1-3-5-7-9-11-12-10-8-6-4-2;2-1-3;/h1,3-12H2,2H3;2H;/q-1;;+1. The Morgan fingerprint density at radius 3 is 1.56 bits per heavy atom. The Labute approximate surface area is 130 Å². The van der Waals surface area contributed by atoms with Crippen LogP contribution in [-0.4, -0.2) is 5.16 Å². The quantitative estimate of drug-likeness (QED) is 0.220. The van der Waals surface area contributed by atoms with E-state index in [2.05, 4.69) is 26.1 Å². The fraction of sp³-hybridized carbons (Fsp3) is 0.846. The normalized spacial score (nSPS) is 8.38. The number of thiocarbonyl (C=S) groups is 1. The van der Waals surface area contributed by atoms with Gasteiger partial charge in [-0.2, -0.15) is 6.42 Å². The Morgan fingerprint density at radius 2 is 1.25 bits per heavy atom. The molecule has 0 heterocycles. The van der Waals surface area contributed by atoms with Crippen LogP contribution in [0.1, 0.15) is 71.1 Å². The third kappa shape index (κ3) is 29.3. The van der Waals surface area contributed by atoms with Crippen molar-refractivity contribution in [3.05, 3.63) is 6.92 Å². The van der Waals surface area contributed by atoms with E-state index in [1.165, 1.54) is 57.8 Å². The molecule has 0 aromatic carbocycles. The second-order valence-corrected chi connectivity index (χ2v) is 3.99. The molecule has 0 radical (unpaired) electrons. The third-order valence-electron chi connectivity index (χ3n) is 2.35. The molecule has 0 saturated carbocycles. The van der Waals surface area contributed by atoms with Crippen molar-refractivity contribution in [2.75, 3.05) is 0 Å². The molecule has 0 amide bonds. The fourth-order valence-corrected chi connectivity index (χ4v) is 1.49. The molecule has 16 heavy (non-hydrogen) atoms.